The summed E-state index contributed by atoms with van der Waals surface area (Å²) in [5.41, 5.74) is 5.71. The molecule has 2 rings (SSSR count). The summed E-state index contributed by atoms with van der Waals surface area (Å²) in [4.78, 5) is 23.0. The summed E-state index contributed by atoms with van der Waals surface area (Å²) in [5.74, 6) is -2.53. The average Bonchev–Trinajstić information content (AvgIpc) is 2.41. The molecule has 0 saturated heterocycles. The van der Waals surface area contributed by atoms with Crippen molar-refractivity contribution in [3.05, 3.63) is 29.6 Å². The fourth-order valence-electron chi connectivity index (χ4n) is 2.46. The minimum atomic E-state index is -1.17. The first-order valence-corrected chi connectivity index (χ1v) is 6.58. The molecule has 6 heteroatoms. The van der Waals surface area contributed by atoms with Gasteiger partial charge in [0.1, 0.15) is 5.82 Å². The molecule has 2 unspecified atom stereocenters. The summed E-state index contributed by atoms with van der Waals surface area (Å²) in [5, 5.41) is 11.3. The lowest BCUT2D eigenvalue weighted by atomic mass is 9.84. The Kier molecular flexibility index (Phi) is 4.34. The van der Waals surface area contributed by atoms with Gasteiger partial charge in [0.2, 0.25) is 5.91 Å². The van der Waals surface area contributed by atoms with Crippen molar-refractivity contribution < 1.29 is 19.1 Å². The second kappa shape index (κ2) is 6.00. The van der Waals surface area contributed by atoms with E-state index < -0.39 is 11.8 Å². The van der Waals surface area contributed by atoms with Crippen molar-refractivity contribution in [2.75, 3.05) is 5.32 Å². The van der Waals surface area contributed by atoms with E-state index in [0.717, 1.165) is 37.5 Å². The van der Waals surface area contributed by atoms with Crippen LogP contribution in [-0.2, 0) is 4.79 Å². The molecule has 1 aliphatic carbocycles. The minimum absolute atomic E-state index is 0.0744. The minimum Gasteiger partial charge on any atom is -0.478 e. The van der Waals surface area contributed by atoms with Gasteiger partial charge in [0.05, 0.1) is 17.2 Å². The molecule has 1 amide bonds. The smallest absolute Gasteiger partial charge is 0.335 e. The van der Waals surface area contributed by atoms with Crippen LogP contribution in [0.3, 0.4) is 0 Å². The van der Waals surface area contributed by atoms with E-state index in [1.54, 1.807) is 0 Å². The Balaban J connectivity index is 2.14. The van der Waals surface area contributed by atoms with E-state index >= 15 is 0 Å². The Bertz CT molecular complexity index is 533. The molecule has 1 aromatic carbocycles. The number of halogens is 1. The number of aromatic carboxylic acids is 1. The van der Waals surface area contributed by atoms with E-state index in [1.807, 2.05) is 0 Å². The zero-order valence-corrected chi connectivity index (χ0v) is 10.9. The van der Waals surface area contributed by atoms with Crippen molar-refractivity contribution in [1.82, 2.24) is 0 Å². The number of hydrogen-bond donors (Lipinski definition) is 3. The van der Waals surface area contributed by atoms with Gasteiger partial charge in [0, 0.05) is 6.04 Å². The lowest BCUT2D eigenvalue weighted by Crippen LogP contribution is -2.40. The van der Waals surface area contributed by atoms with E-state index in [9.17, 15) is 14.0 Å². The number of carboxylic acid groups (broad SMARTS) is 1. The third-order valence-electron chi connectivity index (χ3n) is 3.63. The van der Waals surface area contributed by atoms with Crippen molar-refractivity contribution in [3.8, 4) is 0 Å². The van der Waals surface area contributed by atoms with Gasteiger partial charge in [-0.15, -0.1) is 0 Å². The Morgan fingerprint density at radius 2 is 2.00 bits per heavy atom. The number of benzene rings is 1. The fourth-order valence-corrected chi connectivity index (χ4v) is 2.46. The molecule has 0 heterocycles. The van der Waals surface area contributed by atoms with Gasteiger partial charge < -0.3 is 16.2 Å². The van der Waals surface area contributed by atoms with Crippen molar-refractivity contribution in [2.24, 2.45) is 11.7 Å². The molecule has 20 heavy (non-hydrogen) atoms. The highest BCUT2D eigenvalue weighted by Crippen LogP contribution is 2.25. The maximum absolute atomic E-state index is 13.6. The van der Waals surface area contributed by atoms with Crippen LogP contribution in [0.5, 0.6) is 0 Å². The second-order valence-electron chi connectivity index (χ2n) is 5.04. The van der Waals surface area contributed by atoms with Crippen LogP contribution < -0.4 is 11.1 Å². The number of carbonyl (C=O) groups excluding carboxylic acids is 1. The number of nitrogens with one attached hydrogen (secondary N) is 1. The van der Waals surface area contributed by atoms with Gasteiger partial charge in [-0.1, -0.05) is 12.8 Å². The van der Waals surface area contributed by atoms with E-state index in [2.05, 4.69) is 5.32 Å². The molecule has 0 radical (unpaired) electrons. The van der Waals surface area contributed by atoms with Crippen LogP contribution >= 0.6 is 0 Å². The van der Waals surface area contributed by atoms with Gasteiger partial charge in [-0.3, -0.25) is 4.79 Å². The van der Waals surface area contributed by atoms with E-state index in [1.165, 1.54) is 0 Å². The van der Waals surface area contributed by atoms with Crippen molar-refractivity contribution in [2.45, 2.75) is 31.7 Å². The number of anilines is 1. The molecule has 0 bridgehead atoms. The molecule has 0 aromatic heterocycles. The first-order chi connectivity index (χ1) is 9.49. The highest BCUT2D eigenvalue weighted by atomic mass is 19.1. The topological polar surface area (TPSA) is 92.4 Å². The van der Waals surface area contributed by atoms with E-state index in [4.69, 9.17) is 10.8 Å². The molecule has 1 aromatic rings. The molecule has 0 aliphatic heterocycles. The summed E-state index contributed by atoms with van der Waals surface area (Å²) < 4.78 is 13.6. The monoisotopic (exact) mass is 280 g/mol. The maximum Gasteiger partial charge on any atom is 0.335 e. The number of amides is 1. The van der Waals surface area contributed by atoms with Crippen molar-refractivity contribution in [3.63, 3.8) is 0 Å². The van der Waals surface area contributed by atoms with Crippen LogP contribution in [0.15, 0.2) is 18.2 Å². The summed E-state index contributed by atoms with van der Waals surface area (Å²) in [6.45, 7) is 0. The lowest BCUT2D eigenvalue weighted by Gasteiger charge is -2.27. The molecule has 1 saturated carbocycles. The summed E-state index contributed by atoms with van der Waals surface area (Å²) >= 11 is 0. The molecule has 2 atom stereocenters. The molecule has 1 fully saturated rings. The number of nitrogens with two attached hydrogens (primary N) is 1. The fraction of sp³-hybridized carbons (Fsp3) is 0.429. The quantitative estimate of drug-likeness (QED) is 0.789. The largest absolute Gasteiger partial charge is 0.478 e. The molecule has 108 valence electrons. The molecule has 0 spiro atoms. The Morgan fingerprint density at radius 1 is 1.30 bits per heavy atom. The number of rotatable bonds is 3. The normalized spacial score (nSPS) is 22.3. The highest BCUT2D eigenvalue weighted by Gasteiger charge is 2.28. The summed E-state index contributed by atoms with van der Waals surface area (Å²) in [6, 6.07) is 3.07. The second-order valence-corrected chi connectivity index (χ2v) is 5.04. The van der Waals surface area contributed by atoms with Gasteiger partial charge in [-0.05, 0) is 31.0 Å². The van der Waals surface area contributed by atoms with Gasteiger partial charge in [0.25, 0.3) is 0 Å². The zero-order chi connectivity index (χ0) is 14.7. The Morgan fingerprint density at radius 3 is 2.65 bits per heavy atom. The van der Waals surface area contributed by atoms with E-state index in [0.29, 0.717) is 6.42 Å². The first-order valence-electron chi connectivity index (χ1n) is 6.58. The maximum atomic E-state index is 13.6. The molecular weight excluding hydrogens is 263 g/mol. The zero-order valence-electron chi connectivity index (χ0n) is 10.9. The summed E-state index contributed by atoms with van der Waals surface area (Å²) in [7, 11) is 0. The van der Waals surface area contributed by atoms with Crippen LogP contribution in [0.4, 0.5) is 10.1 Å². The van der Waals surface area contributed by atoms with Gasteiger partial charge in [-0.2, -0.15) is 0 Å². The van der Waals surface area contributed by atoms with Gasteiger partial charge in [-0.25, -0.2) is 9.18 Å². The third kappa shape index (κ3) is 3.14. The van der Waals surface area contributed by atoms with Crippen LogP contribution in [0.25, 0.3) is 0 Å². The Labute approximate surface area is 116 Å². The van der Waals surface area contributed by atoms with Crippen LogP contribution in [0.1, 0.15) is 36.0 Å². The summed E-state index contributed by atoms with van der Waals surface area (Å²) in [6.07, 6.45) is 3.36. The molecule has 4 N–H and O–H groups in total. The van der Waals surface area contributed by atoms with Crippen LogP contribution in [-0.4, -0.2) is 23.0 Å². The molecule has 5 nitrogen and oxygen atoms in total. The van der Waals surface area contributed by atoms with Gasteiger partial charge >= 0.3 is 5.97 Å². The lowest BCUT2D eigenvalue weighted by molar-refractivity contribution is -0.121. The SMILES string of the molecule is NC1CCCCC1C(=O)Nc1cc(C(=O)O)ccc1F. The Hall–Kier alpha value is -1.95. The standard InChI is InChI=1S/C14H17FN2O3/c15-10-6-5-8(14(19)20)7-12(10)17-13(18)9-3-1-2-4-11(9)16/h5-7,9,11H,1-4,16H2,(H,17,18)(H,19,20). The number of hydrogen-bond acceptors (Lipinski definition) is 3. The van der Waals surface area contributed by atoms with Gasteiger partial charge in [0.15, 0.2) is 0 Å². The van der Waals surface area contributed by atoms with Crippen LogP contribution in [0.2, 0.25) is 0 Å². The number of carbonyl (C=O) groups is 2. The van der Waals surface area contributed by atoms with E-state index in [-0.39, 0.29) is 29.1 Å². The van der Waals surface area contributed by atoms with Crippen molar-refractivity contribution >= 4 is 17.6 Å². The highest BCUT2D eigenvalue weighted by molar-refractivity contribution is 5.95. The average molecular weight is 280 g/mol. The van der Waals surface area contributed by atoms with Crippen molar-refractivity contribution in [1.29, 1.82) is 0 Å². The molecule has 1 aliphatic rings. The van der Waals surface area contributed by atoms with Crippen LogP contribution in [0, 0.1) is 11.7 Å². The third-order valence-corrected chi connectivity index (χ3v) is 3.63. The predicted octanol–water partition coefficient (Wildman–Crippen LogP) is 1.98. The molecular formula is C14H17FN2O3. The first kappa shape index (κ1) is 14.5. The number of carboxylic acids is 1. The predicted molar refractivity (Wildman–Crippen MR) is 71.9 cm³/mol.